The second-order valence-corrected chi connectivity index (χ2v) is 6.81. The third-order valence-corrected chi connectivity index (χ3v) is 4.80. The summed E-state index contributed by atoms with van der Waals surface area (Å²) >= 11 is 6.10. The summed E-state index contributed by atoms with van der Waals surface area (Å²) in [5.74, 6) is -0.164. The average molecular weight is 390 g/mol. The van der Waals surface area contributed by atoms with Crippen molar-refractivity contribution < 1.29 is 14.4 Å². The van der Waals surface area contributed by atoms with Gasteiger partial charge in [0.25, 0.3) is 5.91 Å². The first kappa shape index (κ1) is 18.9. The van der Waals surface area contributed by atoms with E-state index in [1.807, 2.05) is 6.92 Å². The lowest BCUT2D eigenvalue weighted by Crippen LogP contribution is -2.31. The number of carbonyl (C=O) groups excluding carboxylic acids is 3. The highest BCUT2D eigenvalue weighted by molar-refractivity contribution is 6.31. The molecule has 1 aromatic heterocycles. The largest absolute Gasteiger partial charge is 0.326 e. The minimum Gasteiger partial charge on any atom is -0.326 e. The molecular formula is C18H20ClN5O3. The molecule has 4 amide bonds. The summed E-state index contributed by atoms with van der Waals surface area (Å²) in [6, 6.07) is 7.59. The molecule has 1 aromatic carbocycles. The molecule has 27 heavy (non-hydrogen) atoms. The molecule has 1 saturated heterocycles. The van der Waals surface area contributed by atoms with Crippen LogP contribution in [0, 0.1) is 6.92 Å². The van der Waals surface area contributed by atoms with Crippen LogP contribution in [-0.4, -0.2) is 38.6 Å². The van der Waals surface area contributed by atoms with Crippen molar-refractivity contribution >= 4 is 35.3 Å². The van der Waals surface area contributed by atoms with Gasteiger partial charge < -0.3 is 10.6 Å². The van der Waals surface area contributed by atoms with Crippen LogP contribution in [0.25, 0.3) is 0 Å². The summed E-state index contributed by atoms with van der Waals surface area (Å²) in [6.07, 6.45) is 0.299. The molecule has 9 heteroatoms. The van der Waals surface area contributed by atoms with Crippen molar-refractivity contribution in [1.82, 2.24) is 20.0 Å². The molecule has 0 aliphatic carbocycles. The van der Waals surface area contributed by atoms with Gasteiger partial charge in [0.1, 0.15) is 6.04 Å². The molecule has 1 atom stereocenters. The number of benzene rings is 1. The molecule has 142 valence electrons. The number of carbonyl (C=O) groups is 3. The van der Waals surface area contributed by atoms with Crippen LogP contribution in [0.1, 0.15) is 24.1 Å². The van der Waals surface area contributed by atoms with Gasteiger partial charge in [0.05, 0.1) is 6.54 Å². The van der Waals surface area contributed by atoms with E-state index in [0.29, 0.717) is 16.4 Å². The van der Waals surface area contributed by atoms with Crippen LogP contribution in [0.4, 0.5) is 10.6 Å². The Morgan fingerprint density at radius 2 is 2.07 bits per heavy atom. The highest BCUT2D eigenvalue weighted by Crippen LogP contribution is 2.20. The van der Waals surface area contributed by atoms with Crippen LogP contribution in [0.2, 0.25) is 5.02 Å². The maximum atomic E-state index is 12.5. The molecule has 1 aliphatic heterocycles. The van der Waals surface area contributed by atoms with Crippen LogP contribution in [0.5, 0.6) is 0 Å². The maximum absolute atomic E-state index is 12.5. The average Bonchev–Trinajstić information content (AvgIpc) is 3.07. The van der Waals surface area contributed by atoms with Gasteiger partial charge in [0, 0.05) is 30.3 Å². The maximum Gasteiger partial charge on any atom is 0.325 e. The number of aryl methyl sites for hydroxylation is 2. The number of nitrogens with one attached hydrogen (secondary N) is 2. The van der Waals surface area contributed by atoms with Gasteiger partial charge in [0.2, 0.25) is 5.91 Å². The highest BCUT2D eigenvalue weighted by Gasteiger charge is 2.38. The lowest BCUT2D eigenvalue weighted by molar-refractivity contribution is -0.128. The molecule has 8 nitrogen and oxygen atoms in total. The normalized spacial score (nSPS) is 16.6. The van der Waals surface area contributed by atoms with Crippen molar-refractivity contribution in [1.29, 1.82) is 0 Å². The van der Waals surface area contributed by atoms with Gasteiger partial charge in [-0.3, -0.25) is 19.2 Å². The molecule has 0 radical (unpaired) electrons. The topological polar surface area (TPSA) is 96.3 Å². The molecule has 1 unspecified atom stereocenters. The predicted molar refractivity (Wildman–Crippen MR) is 100 cm³/mol. The van der Waals surface area contributed by atoms with Crippen LogP contribution in [0.3, 0.4) is 0 Å². The third kappa shape index (κ3) is 4.28. The Bertz CT molecular complexity index is 875. The first-order valence-corrected chi connectivity index (χ1v) is 8.88. The summed E-state index contributed by atoms with van der Waals surface area (Å²) in [6.45, 7) is 1.98. The summed E-state index contributed by atoms with van der Waals surface area (Å²) in [5.41, 5.74) is 1.60. The van der Waals surface area contributed by atoms with Crippen molar-refractivity contribution in [2.75, 3.05) is 5.32 Å². The third-order valence-electron chi connectivity index (χ3n) is 4.43. The van der Waals surface area contributed by atoms with Crippen molar-refractivity contribution in [3.63, 3.8) is 0 Å². The van der Waals surface area contributed by atoms with Gasteiger partial charge in [-0.2, -0.15) is 5.10 Å². The monoisotopic (exact) mass is 389 g/mol. The second-order valence-electron chi connectivity index (χ2n) is 6.40. The van der Waals surface area contributed by atoms with Crippen molar-refractivity contribution in [2.45, 2.75) is 32.4 Å². The van der Waals surface area contributed by atoms with E-state index in [9.17, 15) is 14.4 Å². The fraction of sp³-hybridized carbons (Fsp3) is 0.333. The van der Waals surface area contributed by atoms with Crippen LogP contribution in [-0.2, 0) is 23.2 Å². The molecule has 1 fully saturated rings. The number of rotatable bonds is 6. The zero-order valence-electron chi connectivity index (χ0n) is 15.0. The Hall–Kier alpha value is -2.87. The van der Waals surface area contributed by atoms with E-state index in [4.69, 9.17) is 11.6 Å². The fourth-order valence-corrected chi connectivity index (χ4v) is 3.02. The Labute approximate surface area is 161 Å². The van der Waals surface area contributed by atoms with Gasteiger partial charge in [-0.15, -0.1) is 0 Å². The number of urea groups is 1. The van der Waals surface area contributed by atoms with Gasteiger partial charge in [-0.1, -0.05) is 29.8 Å². The molecule has 2 aromatic rings. The summed E-state index contributed by atoms with van der Waals surface area (Å²) in [5, 5.41) is 9.95. The Morgan fingerprint density at radius 3 is 2.74 bits per heavy atom. The quantitative estimate of drug-likeness (QED) is 0.740. The molecule has 0 bridgehead atoms. The smallest absolute Gasteiger partial charge is 0.325 e. The van der Waals surface area contributed by atoms with Crippen LogP contribution >= 0.6 is 11.6 Å². The number of imide groups is 1. The molecule has 2 N–H and O–H groups in total. The number of hydrogen-bond acceptors (Lipinski definition) is 4. The van der Waals surface area contributed by atoms with Gasteiger partial charge in [-0.05, 0) is 25.0 Å². The summed E-state index contributed by atoms with van der Waals surface area (Å²) in [4.78, 5) is 37.8. The van der Waals surface area contributed by atoms with E-state index in [1.54, 1.807) is 42.1 Å². The van der Waals surface area contributed by atoms with Gasteiger partial charge in [0.15, 0.2) is 5.82 Å². The Balaban J connectivity index is 1.55. The van der Waals surface area contributed by atoms with E-state index >= 15 is 0 Å². The zero-order chi connectivity index (χ0) is 19.6. The lowest BCUT2D eigenvalue weighted by atomic mass is 10.1. The second kappa shape index (κ2) is 7.79. The SMILES string of the molecule is Cc1cc(NC(=O)CCC2NC(=O)N(Cc3ccccc3Cl)C2=O)nn1C. The van der Waals surface area contributed by atoms with Crippen LogP contribution < -0.4 is 10.6 Å². The highest BCUT2D eigenvalue weighted by atomic mass is 35.5. The number of nitrogens with zero attached hydrogens (tertiary/aromatic N) is 3. The number of anilines is 1. The fourth-order valence-electron chi connectivity index (χ4n) is 2.82. The first-order chi connectivity index (χ1) is 12.8. The minimum absolute atomic E-state index is 0.0895. The predicted octanol–water partition coefficient (Wildman–Crippen LogP) is 2.22. The van der Waals surface area contributed by atoms with E-state index in [2.05, 4.69) is 15.7 Å². The summed E-state index contributed by atoms with van der Waals surface area (Å²) < 4.78 is 1.66. The Morgan fingerprint density at radius 1 is 1.33 bits per heavy atom. The standard InChI is InChI=1S/C18H20ClN5O3/c1-11-9-15(22-23(11)2)21-16(25)8-7-14-17(26)24(18(27)20-14)10-12-5-3-4-6-13(12)19/h3-6,9,14H,7-8,10H2,1-2H3,(H,20,27)(H,21,22,25). The molecule has 0 saturated carbocycles. The van der Waals surface area contributed by atoms with E-state index in [-0.39, 0.29) is 31.2 Å². The van der Waals surface area contributed by atoms with Crippen LogP contribution in [0.15, 0.2) is 30.3 Å². The molecule has 3 rings (SSSR count). The van der Waals surface area contributed by atoms with Gasteiger partial charge in [-0.25, -0.2) is 4.79 Å². The first-order valence-electron chi connectivity index (χ1n) is 8.51. The summed E-state index contributed by atoms with van der Waals surface area (Å²) in [7, 11) is 1.78. The number of aromatic nitrogens is 2. The van der Waals surface area contributed by atoms with Crippen molar-refractivity contribution in [2.24, 2.45) is 7.05 Å². The van der Waals surface area contributed by atoms with Gasteiger partial charge >= 0.3 is 6.03 Å². The number of amides is 4. The molecular weight excluding hydrogens is 370 g/mol. The van der Waals surface area contributed by atoms with E-state index in [0.717, 1.165) is 10.6 Å². The lowest BCUT2D eigenvalue weighted by Gasteiger charge is -2.14. The number of halogens is 1. The minimum atomic E-state index is -0.726. The van der Waals surface area contributed by atoms with E-state index < -0.39 is 12.1 Å². The molecule has 0 spiro atoms. The Kier molecular flexibility index (Phi) is 5.46. The van der Waals surface area contributed by atoms with Crippen molar-refractivity contribution in [3.8, 4) is 0 Å². The van der Waals surface area contributed by atoms with Crippen molar-refractivity contribution in [3.05, 3.63) is 46.6 Å². The zero-order valence-corrected chi connectivity index (χ0v) is 15.8. The molecule has 1 aliphatic rings. The van der Waals surface area contributed by atoms with E-state index in [1.165, 1.54) is 0 Å². The number of hydrogen-bond donors (Lipinski definition) is 2. The molecule has 2 heterocycles.